The van der Waals surface area contributed by atoms with Crippen LogP contribution in [0.2, 0.25) is 5.02 Å². The van der Waals surface area contributed by atoms with Gasteiger partial charge in [0.05, 0.1) is 25.2 Å². The smallest absolute Gasteiger partial charge is 0.231 e. The van der Waals surface area contributed by atoms with Crippen LogP contribution in [0, 0.1) is 5.41 Å². The van der Waals surface area contributed by atoms with Crippen molar-refractivity contribution >= 4 is 29.9 Å². The second kappa shape index (κ2) is 9.19. The van der Waals surface area contributed by atoms with Crippen molar-refractivity contribution in [2.75, 3.05) is 46.5 Å². The number of methoxy groups -OCH3 is 1. The summed E-state index contributed by atoms with van der Waals surface area (Å²) in [4.78, 5) is 15.2. The Bertz CT molecular complexity index is 574. The first-order chi connectivity index (χ1) is 11.7. The fourth-order valence-electron chi connectivity index (χ4n) is 3.70. The number of halogens is 2. The summed E-state index contributed by atoms with van der Waals surface area (Å²) in [5.41, 5.74) is 0.533. The van der Waals surface area contributed by atoms with Crippen LogP contribution in [0.5, 0.6) is 0 Å². The van der Waals surface area contributed by atoms with E-state index in [-0.39, 0.29) is 24.4 Å². The molecule has 3 rings (SSSR count). The average molecular weight is 389 g/mol. The Labute approximate surface area is 160 Å². The first kappa shape index (κ1) is 20.5. The molecule has 7 heteroatoms. The summed E-state index contributed by atoms with van der Waals surface area (Å²) in [5.74, 6) is 0.186. The van der Waals surface area contributed by atoms with Crippen LogP contribution in [0.15, 0.2) is 24.3 Å². The monoisotopic (exact) mass is 388 g/mol. The van der Waals surface area contributed by atoms with Crippen LogP contribution in [0.3, 0.4) is 0 Å². The standard InChI is InChI=1S/C18H25ClN2O3.ClH/c1-23-13-18(6-8-20-9-7-18)17(22)21-10-11-24-16(12-21)14-4-2-3-5-15(14)19;/h2-5,16,20H,6-13H2,1H3;1H. The number of rotatable bonds is 4. The summed E-state index contributed by atoms with van der Waals surface area (Å²) >= 11 is 6.30. The highest BCUT2D eigenvalue weighted by molar-refractivity contribution is 6.31. The van der Waals surface area contributed by atoms with Crippen LogP contribution < -0.4 is 5.32 Å². The van der Waals surface area contributed by atoms with Crippen molar-refractivity contribution in [2.45, 2.75) is 18.9 Å². The lowest BCUT2D eigenvalue weighted by Gasteiger charge is -2.42. The Morgan fingerprint density at radius 1 is 1.40 bits per heavy atom. The molecule has 1 atom stereocenters. The molecule has 2 aliphatic heterocycles. The van der Waals surface area contributed by atoms with Crippen molar-refractivity contribution in [3.8, 4) is 0 Å². The third kappa shape index (κ3) is 4.47. The minimum Gasteiger partial charge on any atom is -0.384 e. The fraction of sp³-hybridized carbons (Fsp3) is 0.611. The molecule has 2 heterocycles. The van der Waals surface area contributed by atoms with Crippen molar-refractivity contribution in [2.24, 2.45) is 5.41 Å². The Hall–Kier alpha value is -0.850. The van der Waals surface area contributed by atoms with Gasteiger partial charge in [0.25, 0.3) is 0 Å². The maximum Gasteiger partial charge on any atom is 0.231 e. The molecule has 0 radical (unpaired) electrons. The molecular weight excluding hydrogens is 363 g/mol. The highest BCUT2D eigenvalue weighted by atomic mass is 35.5. The topological polar surface area (TPSA) is 50.8 Å². The number of hydrogen-bond donors (Lipinski definition) is 1. The predicted molar refractivity (Wildman–Crippen MR) is 100 cm³/mol. The number of nitrogens with one attached hydrogen (secondary N) is 1. The summed E-state index contributed by atoms with van der Waals surface area (Å²) < 4.78 is 11.3. The van der Waals surface area contributed by atoms with Gasteiger partial charge in [0.1, 0.15) is 6.10 Å². The van der Waals surface area contributed by atoms with Crippen LogP contribution in [0.25, 0.3) is 0 Å². The number of nitrogens with zero attached hydrogens (tertiary/aromatic N) is 1. The minimum atomic E-state index is -0.414. The molecule has 2 fully saturated rings. The zero-order valence-corrected chi connectivity index (χ0v) is 16.1. The Morgan fingerprint density at radius 2 is 2.12 bits per heavy atom. The van der Waals surface area contributed by atoms with Gasteiger partial charge in [-0.25, -0.2) is 0 Å². The predicted octanol–water partition coefficient (Wildman–Crippen LogP) is 2.68. The molecular formula is C18H26Cl2N2O3. The first-order valence-electron chi connectivity index (χ1n) is 8.51. The van der Waals surface area contributed by atoms with E-state index in [9.17, 15) is 4.79 Å². The zero-order valence-electron chi connectivity index (χ0n) is 14.5. The molecule has 1 N–H and O–H groups in total. The quantitative estimate of drug-likeness (QED) is 0.861. The number of ether oxygens (including phenoxy) is 2. The molecule has 1 amide bonds. The van der Waals surface area contributed by atoms with Crippen molar-refractivity contribution in [3.63, 3.8) is 0 Å². The van der Waals surface area contributed by atoms with E-state index >= 15 is 0 Å². The Kier molecular flexibility index (Phi) is 7.52. The molecule has 140 valence electrons. The molecule has 2 aliphatic rings. The van der Waals surface area contributed by atoms with Gasteiger partial charge in [-0.15, -0.1) is 12.4 Å². The number of piperidine rings is 1. The summed E-state index contributed by atoms with van der Waals surface area (Å²) in [6, 6.07) is 7.68. The summed E-state index contributed by atoms with van der Waals surface area (Å²) in [7, 11) is 1.67. The third-order valence-electron chi connectivity index (χ3n) is 5.04. The van der Waals surface area contributed by atoms with Gasteiger partial charge in [0, 0.05) is 24.2 Å². The van der Waals surface area contributed by atoms with Crippen LogP contribution in [0.4, 0.5) is 0 Å². The van der Waals surface area contributed by atoms with Crippen molar-refractivity contribution in [3.05, 3.63) is 34.9 Å². The molecule has 1 aromatic rings. The molecule has 0 aromatic heterocycles. The van der Waals surface area contributed by atoms with E-state index in [0.717, 1.165) is 31.5 Å². The lowest BCUT2D eigenvalue weighted by molar-refractivity contribution is -0.155. The number of amides is 1. The molecule has 0 bridgehead atoms. The summed E-state index contributed by atoms with van der Waals surface area (Å²) in [6.07, 6.45) is 1.46. The normalized spacial score (nSPS) is 23.0. The van der Waals surface area contributed by atoms with E-state index in [2.05, 4.69) is 5.32 Å². The second-order valence-electron chi connectivity index (χ2n) is 6.60. The van der Waals surface area contributed by atoms with Gasteiger partial charge >= 0.3 is 0 Å². The van der Waals surface area contributed by atoms with Crippen LogP contribution in [-0.4, -0.2) is 57.3 Å². The van der Waals surface area contributed by atoms with Gasteiger partial charge in [0.2, 0.25) is 5.91 Å². The van der Waals surface area contributed by atoms with Gasteiger partial charge < -0.3 is 19.7 Å². The van der Waals surface area contributed by atoms with Gasteiger partial charge in [-0.2, -0.15) is 0 Å². The van der Waals surface area contributed by atoms with Crippen LogP contribution in [-0.2, 0) is 14.3 Å². The molecule has 25 heavy (non-hydrogen) atoms. The number of hydrogen-bond acceptors (Lipinski definition) is 4. The summed E-state index contributed by atoms with van der Waals surface area (Å²) in [5, 5.41) is 4.01. The largest absolute Gasteiger partial charge is 0.384 e. The molecule has 0 spiro atoms. The van der Waals surface area contributed by atoms with Crippen LogP contribution in [0.1, 0.15) is 24.5 Å². The van der Waals surface area contributed by atoms with Crippen LogP contribution >= 0.6 is 24.0 Å². The average Bonchev–Trinajstić information content (AvgIpc) is 2.62. The number of morpholine rings is 1. The Balaban J connectivity index is 0.00000225. The van der Waals surface area contributed by atoms with Gasteiger partial charge in [-0.05, 0) is 32.0 Å². The minimum absolute atomic E-state index is 0. The molecule has 2 saturated heterocycles. The van der Waals surface area contributed by atoms with E-state index in [4.69, 9.17) is 21.1 Å². The highest BCUT2D eigenvalue weighted by Gasteiger charge is 2.43. The highest BCUT2D eigenvalue weighted by Crippen LogP contribution is 2.34. The number of benzene rings is 1. The third-order valence-corrected chi connectivity index (χ3v) is 5.38. The first-order valence-corrected chi connectivity index (χ1v) is 8.89. The number of carbonyl (C=O) groups is 1. The molecule has 5 nitrogen and oxygen atoms in total. The summed E-state index contributed by atoms with van der Waals surface area (Å²) in [6.45, 7) is 3.88. The van der Waals surface area contributed by atoms with E-state index in [1.54, 1.807) is 7.11 Å². The Morgan fingerprint density at radius 3 is 2.80 bits per heavy atom. The van der Waals surface area contributed by atoms with E-state index in [1.807, 2.05) is 29.2 Å². The van der Waals surface area contributed by atoms with Crippen molar-refractivity contribution < 1.29 is 14.3 Å². The van der Waals surface area contributed by atoms with E-state index in [0.29, 0.717) is 31.3 Å². The lowest BCUT2D eigenvalue weighted by atomic mass is 9.78. The zero-order chi connectivity index (χ0) is 17.0. The molecule has 1 aromatic carbocycles. The fourth-order valence-corrected chi connectivity index (χ4v) is 3.95. The second-order valence-corrected chi connectivity index (χ2v) is 7.00. The maximum atomic E-state index is 13.3. The maximum absolute atomic E-state index is 13.3. The van der Waals surface area contributed by atoms with Gasteiger partial charge in [0.15, 0.2) is 0 Å². The number of carbonyl (C=O) groups excluding carboxylic acids is 1. The molecule has 1 unspecified atom stereocenters. The van der Waals surface area contributed by atoms with E-state index < -0.39 is 5.41 Å². The van der Waals surface area contributed by atoms with Gasteiger partial charge in [-0.3, -0.25) is 4.79 Å². The lowest BCUT2D eigenvalue weighted by Crippen LogP contribution is -2.54. The molecule has 0 saturated carbocycles. The van der Waals surface area contributed by atoms with E-state index in [1.165, 1.54) is 0 Å². The molecule has 0 aliphatic carbocycles. The van der Waals surface area contributed by atoms with Crippen molar-refractivity contribution in [1.82, 2.24) is 10.2 Å². The van der Waals surface area contributed by atoms with Gasteiger partial charge in [-0.1, -0.05) is 29.8 Å². The SMILES string of the molecule is COCC1(C(=O)N2CCOC(c3ccccc3Cl)C2)CCNCC1.Cl. The van der Waals surface area contributed by atoms with Crippen molar-refractivity contribution in [1.29, 1.82) is 0 Å².